The third-order valence-electron chi connectivity index (χ3n) is 3.39. The van der Waals surface area contributed by atoms with Gasteiger partial charge in [-0.05, 0) is 30.5 Å². The maximum absolute atomic E-state index is 11.9. The second-order valence-electron chi connectivity index (χ2n) is 5.38. The van der Waals surface area contributed by atoms with Crippen LogP contribution in [0.25, 0.3) is 0 Å². The molecule has 1 aliphatic heterocycles. The second kappa shape index (κ2) is 9.36. The van der Waals surface area contributed by atoms with Gasteiger partial charge in [-0.1, -0.05) is 6.07 Å². The van der Waals surface area contributed by atoms with Crippen LogP contribution in [0.1, 0.15) is 12.0 Å². The lowest BCUT2D eigenvalue weighted by Crippen LogP contribution is -2.39. The number of hydrogen-bond acceptors (Lipinski definition) is 4. The Hall–Kier alpha value is -2.16. The van der Waals surface area contributed by atoms with Crippen molar-refractivity contribution in [3.05, 3.63) is 23.8 Å². The Balaban J connectivity index is 1.59. The molecule has 1 aliphatic rings. The average molecular weight is 361 g/mol. The lowest BCUT2D eigenvalue weighted by molar-refractivity contribution is -0.173. The van der Waals surface area contributed by atoms with Crippen LogP contribution in [0.15, 0.2) is 23.2 Å². The highest BCUT2D eigenvalue weighted by Gasteiger charge is 2.27. The van der Waals surface area contributed by atoms with Crippen LogP contribution in [0.5, 0.6) is 11.5 Å². The predicted octanol–water partition coefficient (Wildman–Crippen LogP) is 2.09. The van der Waals surface area contributed by atoms with Crippen LogP contribution in [0.2, 0.25) is 0 Å². The molecule has 6 nitrogen and oxygen atoms in total. The second-order valence-corrected chi connectivity index (χ2v) is 5.38. The van der Waals surface area contributed by atoms with E-state index in [1.54, 1.807) is 7.05 Å². The highest BCUT2D eigenvalue weighted by Crippen LogP contribution is 2.32. The van der Waals surface area contributed by atoms with Crippen LogP contribution in [0.4, 0.5) is 13.2 Å². The molecule has 2 N–H and O–H groups in total. The van der Waals surface area contributed by atoms with Gasteiger partial charge in [0.1, 0.15) is 6.61 Å². The molecule has 0 unspecified atom stereocenters. The van der Waals surface area contributed by atoms with Crippen LogP contribution >= 0.6 is 0 Å². The van der Waals surface area contributed by atoms with Crippen LogP contribution in [0.3, 0.4) is 0 Å². The zero-order chi connectivity index (χ0) is 18.1. The summed E-state index contributed by atoms with van der Waals surface area (Å²) in [5, 5.41) is 6.17. The van der Waals surface area contributed by atoms with E-state index in [9.17, 15) is 13.2 Å². The number of halogens is 3. The number of benzene rings is 1. The number of alkyl halides is 3. The fraction of sp³-hybridized carbons (Fsp3) is 0.562. The van der Waals surface area contributed by atoms with Gasteiger partial charge in [-0.25, -0.2) is 0 Å². The standard InChI is InChI=1S/C16H22F3N3O3/c1-20-15(21-6-2-8-23-10-16(17,18)19)22-7-5-12-3-4-13-14(9-12)25-11-24-13/h3-4,9H,2,5-8,10-11H2,1H3,(H2,20,21,22). The van der Waals surface area contributed by atoms with E-state index in [-0.39, 0.29) is 13.4 Å². The molecule has 25 heavy (non-hydrogen) atoms. The molecule has 2 rings (SSSR count). The molecule has 0 fully saturated rings. The number of aliphatic imine (C=N–C) groups is 1. The van der Waals surface area contributed by atoms with Crippen LogP contribution in [-0.4, -0.2) is 52.3 Å². The Morgan fingerprint density at radius 3 is 2.72 bits per heavy atom. The normalized spacial score (nSPS) is 13.8. The number of ether oxygens (including phenoxy) is 3. The first-order valence-corrected chi connectivity index (χ1v) is 7.95. The molecule has 0 aromatic heterocycles. The van der Waals surface area contributed by atoms with Crippen LogP contribution < -0.4 is 20.1 Å². The van der Waals surface area contributed by atoms with E-state index in [1.165, 1.54) is 0 Å². The first-order valence-electron chi connectivity index (χ1n) is 7.95. The third-order valence-corrected chi connectivity index (χ3v) is 3.39. The summed E-state index contributed by atoms with van der Waals surface area (Å²) in [7, 11) is 1.63. The van der Waals surface area contributed by atoms with Gasteiger partial charge in [0.15, 0.2) is 17.5 Å². The van der Waals surface area contributed by atoms with E-state index in [0.717, 1.165) is 23.5 Å². The highest BCUT2D eigenvalue weighted by molar-refractivity contribution is 5.79. The zero-order valence-electron chi connectivity index (χ0n) is 14.0. The molecular formula is C16H22F3N3O3. The topological polar surface area (TPSA) is 64.1 Å². The summed E-state index contributed by atoms with van der Waals surface area (Å²) in [6.07, 6.45) is -3.05. The molecule has 1 aromatic carbocycles. The van der Waals surface area contributed by atoms with Crippen molar-refractivity contribution in [1.82, 2.24) is 10.6 Å². The number of nitrogens with zero attached hydrogens (tertiary/aromatic N) is 1. The smallest absolute Gasteiger partial charge is 0.411 e. The summed E-state index contributed by atoms with van der Waals surface area (Å²) in [5.41, 5.74) is 1.10. The maximum atomic E-state index is 11.9. The summed E-state index contributed by atoms with van der Waals surface area (Å²) in [6, 6.07) is 5.80. The average Bonchev–Trinajstić information content (AvgIpc) is 3.03. The largest absolute Gasteiger partial charge is 0.454 e. The van der Waals surface area contributed by atoms with Crippen molar-refractivity contribution >= 4 is 5.96 Å². The summed E-state index contributed by atoms with van der Waals surface area (Å²) in [4.78, 5) is 4.06. The minimum Gasteiger partial charge on any atom is -0.454 e. The van der Waals surface area contributed by atoms with Gasteiger partial charge in [-0.2, -0.15) is 13.2 Å². The minimum atomic E-state index is -4.28. The van der Waals surface area contributed by atoms with Crippen molar-refractivity contribution in [2.45, 2.75) is 19.0 Å². The number of guanidine groups is 1. The molecule has 0 saturated carbocycles. The van der Waals surface area contributed by atoms with Gasteiger partial charge in [0.05, 0.1) is 0 Å². The van der Waals surface area contributed by atoms with Crippen molar-refractivity contribution in [2.24, 2.45) is 4.99 Å². The third kappa shape index (κ3) is 7.08. The van der Waals surface area contributed by atoms with Gasteiger partial charge in [-0.3, -0.25) is 4.99 Å². The summed E-state index contributed by atoms with van der Waals surface area (Å²) >= 11 is 0. The molecular weight excluding hydrogens is 339 g/mol. The van der Waals surface area contributed by atoms with Crippen molar-refractivity contribution in [2.75, 3.05) is 40.1 Å². The van der Waals surface area contributed by atoms with E-state index < -0.39 is 12.8 Å². The molecule has 1 aromatic rings. The fourth-order valence-corrected chi connectivity index (χ4v) is 2.21. The SMILES string of the molecule is CN=C(NCCCOCC(F)(F)F)NCCc1ccc2c(c1)OCO2. The fourth-order valence-electron chi connectivity index (χ4n) is 2.21. The van der Waals surface area contributed by atoms with Gasteiger partial charge in [0.2, 0.25) is 6.79 Å². The number of hydrogen-bond donors (Lipinski definition) is 2. The molecule has 0 saturated heterocycles. The van der Waals surface area contributed by atoms with E-state index in [4.69, 9.17) is 9.47 Å². The zero-order valence-corrected chi connectivity index (χ0v) is 14.0. The molecule has 0 aliphatic carbocycles. The molecule has 0 bridgehead atoms. The van der Waals surface area contributed by atoms with Gasteiger partial charge in [0.25, 0.3) is 0 Å². The highest BCUT2D eigenvalue weighted by atomic mass is 19.4. The lowest BCUT2D eigenvalue weighted by atomic mass is 10.1. The predicted molar refractivity (Wildman–Crippen MR) is 87.1 cm³/mol. The number of fused-ring (bicyclic) bond motifs is 1. The van der Waals surface area contributed by atoms with Gasteiger partial charge in [-0.15, -0.1) is 0 Å². The molecule has 0 atom stereocenters. The maximum Gasteiger partial charge on any atom is 0.411 e. The molecule has 0 spiro atoms. The number of rotatable bonds is 8. The van der Waals surface area contributed by atoms with Gasteiger partial charge >= 0.3 is 6.18 Å². The lowest BCUT2D eigenvalue weighted by Gasteiger charge is -2.12. The van der Waals surface area contributed by atoms with E-state index in [1.807, 2.05) is 18.2 Å². The molecule has 140 valence electrons. The van der Waals surface area contributed by atoms with E-state index >= 15 is 0 Å². The molecule has 0 amide bonds. The quantitative estimate of drug-likeness (QED) is 0.422. The molecule has 0 radical (unpaired) electrons. The van der Waals surface area contributed by atoms with Gasteiger partial charge in [0, 0.05) is 26.7 Å². The van der Waals surface area contributed by atoms with E-state index in [0.29, 0.717) is 25.5 Å². The minimum absolute atomic E-state index is 0.0424. The Kier molecular flexibility index (Phi) is 7.17. The molecule has 9 heteroatoms. The Morgan fingerprint density at radius 2 is 1.96 bits per heavy atom. The van der Waals surface area contributed by atoms with Gasteiger partial charge < -0.3 is 24.8 Å². The first kappa shape index (κ1) is 19.2. The Labute approximate surface area is 144 Å². The van der Waals surface area contributed by atoms with Crippen molar-refractivity contribution in [1.29, 1.82) is 0 Å². The monoisotopic (exact) mass is 361 g/mol. The Bertz CT molecular complexity index is 579. The Morgan fingerprint density at radius 1 is 1.20 bits per heavy atom. The van der Waals surface area contributed by atoms with Crippen molar-refractivity contribution in [3.63, 3.8) is 0 Å². The summed E-state index contributed by atoms with van der Waals surface area (Å²) in [5.74, 6) is 2.09. The molecule has 1 heterocycles. The van der Waals surface area contributed by atoms with Crippen molar-refractivity contribution < 1.29 is 27.4 Å². The first-order chi connectivity index (χ1) is 12.0. The number of nitrogens with one attached hydrogen (secondary N) is 2. The van der Waals surface area contributed by atoms with Crippen molar-refractivity contribution in [3.8, 4) is 11.5 Å². The summed E-state index contributed by atoms with van der Waals surface area (Å²) in [6.45, 7) is 0.210. The van der Waals surface area contributed by atoms with Crippen LogP contribution in [0, 0.1) is 0 Å². The van der Waals surface area contributed by atoms with Crippen LogP contribution in [-0.2, 0) is 11.2 Å². The summed E-state index contributed by atoms with van der Waals surface area (Å²) < 4.78 is 50.9. The van der Waals surface area contributed by atoms with E-state index in [2.05, 4.69) is 20.4 Å².